The van der Waals surface area contributed by atoms with E-state index < -0.39 is 97.5 Å². The van der Waals surface area contributed by atoms with E-state index in [0.29, 0.717) is 31.6 Å². The maximum absolute atomic E-state index is 13.1. The molecule has 0 fully saturated rings. The fraction of sp³-hybridized carbons (Fsp3) is 0.906. The predicted molar refractivity (Wildman–Crippen MR) is 427 cm³/mol. The van der Waals surface area contributed by atoms with Crippen LogP contribution in [0.3, 0.4) is 0 Å². The lowest BCUT2D eigenvalue weighted by atomic mass is 9.99. The lowest BCUT2D eigenvalue weighted by molar-refractivity contribution is -0.161. The number of phosphoric ester groups is 2. The lowest BCUT2D eigenvalue weighted by Gasteiger charge is -2.21. The minimum absolute atomic E-state index is 0.0840. The molecule has 0 heterocycles. The summed E-state index contributed by atoms with van der Waals surface area (Å²) < 4.78 is 68.7. The van der Waals surface area contributed by atoms with Crippen molar-refractivity contribution >= 4 is 39.5 Å². The maximum atomic E-state index is 13.1. The number of ether oxygens (including phenoxy) is 4. The van der Waals surface area contributed by atoms with Gasteiger partial charge in [0.2, 0.25) is 0 Å². The number of allylic oxidation sites excluding steroid dienone is 4. The molecule has 0 amide bonds. The van der Waals surface area contributed by atoms with E-state index in [1.54, 1.807) is 0 Å². The van der Waals surface area contributed by atoms with Gasteiger partial charge in [0.15, 0.2) is 12.2 Å². The number of hydrogen-bond acceptors (Lipinski definition) is 15. The van der Waals surface area contributed by atoms with Gasteiger partial charge in [-0.05, 0) is 69.1 Å². The monoisotopic (exact) mass is 1520 g/mol. The Morgan fingerprint density at radius 2 is 0.567 bits per heavy atom. The van der Waals surface area contributed by atoms with E-state index in [-0.39, 0.29) is 25.7 Å². The van der Waals surface area contributed by atoms with E-state index in [4.69, 9.17) is 37.0 Å². The van der Waals surface area contributed by atoms with Crippen molar-refractivity contribution in [2.45, 2.75) is 439 Å². The van der Waals surface area contributed by atoms with E-state index in [1.807, 2.05) is 0 Å². The summed E-state index contributed by atoms with van der Waals surface area (Å²) in [6, 6.07) is 0. The van der Waals surface area contributed by atoms with E-state index in [2.05, 4.69) is 72.8 Å². The molecule has 0 rings (SSSR count). The molecule has 0 aliphatic carbocycles. The summed E-state index contributed by atoms with van der Waals surface area (Å²) in [6.45, 7) is 11.9. The molecule has 0 aromatic carbocycles. The molecule has 0 aromatic heterocycles. The zero-order valence-corrected chi connectivity index (χ0v) is 69.8. The Hall–Kier alpha value is -2.46. The Morgan fingerprint density at radius 1 is 0.317 bits per heavy atom. The van der Waals surface area contributed by atoms with E-state index in [0.717, 1.165) is 121 Å². The summed E-state index contributed by atoms with van der Waals surface area (Å²) in [6.07, 6.45) is 67.6. The summed E-state index contributed by atoms with van der Waals surface area (Å²) in [5.74, 6) is 0.211. The first-order valence-corrected chi connectivity index (χ1v) is 46.2. The zero-order chi connectivity index (χ0) is 76.5. The average molecular weight is 1520 g/mol. The van der Waals surface area contributed by atoms with Crippen LogP contribution < -0.4 is 0 Å². The third kappa shape index (κ3) is 76.3. The van der Waals surface area contributed by atoms with Gasteiger partial charge in [0.1, 0.15) is 19.3 Å². The molecule has 6 atom stereocenters. The molecule has 0 bridgehead atoms. The molecular formula is C85H162O17P2. The summed E-state index contributed by atoms with van der Waals surface area (Å²) >= 11 is 0. The molecule has 3 unspecified atom stereocenters. The van der Waals surface area contributed by atoms with Crippen molar-refractivity contribution in [3.63, 3.8) is 0 Å². The Labute approximate surface area is 637 Å². The fourth-order valence-corrected chi connectivity index (χ4v) is 14.2. The SMILES string of the molecule is CCCCCC/C=C\C=C/CCCCCCCC(=O)O[C@H](COC(=O)CCCCCCCCC(C)C)COP(=O)(O)OC[C@H](O)COP(=O)(O)OC[C@@H](COC(=O)CCCCCCCCCCCCCCCCCC(C)C)OC(=O)CCCCCCCCCCCCCCCCCCCCC(C)CC. The molecule has 104 heavy (non-hydrogen) atoms. The highest BCUT2D eigenvalue weighted by atomic mass is 31.2. The zero-order valence-electron chi connectivity index (χ0n) is 68.0. The normalized spacial score (nSPS) is 14.3. The molecule has 0 radical (unpaired) electrons. The summed E-state index contributed by atoms with van der Waals surface area (Å²) in [5, 5.41) is 10.7. The van der Waals surface area contributed by atoms with Crippen LogP contribution in [0, 0.1) is 17.8 Å². The van der Waals surface area contributed by atoms with Gasteiger partial charge in [0.25, 0.3) is 0 Å². The second-order valence-corrected chi connectivity index (χ2v) is 34.0. The predicted octanol–water partition coefficient (Wildman–Crippen LogP) is 25.3. The van der Waals surface area contributed by atoms with Gasteiger partial charge in [-0.3, -0.25) is 37.3 Å². The number of unbranched alkanes of at least 4 members (excludes halogenated alkanes) is 45. The van der Waals surface area contributed by atoms with Crippen molar-refractivity contribution in [3.8, 4) is 0 Å². The summed E-state index contributed by atoms with van der Waals surface area (Å²) in [4.78, 5) is 73.1. The molecule has 0 aromatic rings. The van der Waals surface area contributed by atoms with Gasteiger partial charge < -0.3 is 33.8 Å². The molecule has 0 aliphatic heterocycles. The largest absolute Gasteiger partial charge is 0.472 e. The molecule has 19 heteroatoms. The smallest absolute Gasteiger partial charge is 0.462 e. The molecular weight excluding hydrogens is 1350 g/mol. The number of aliphatic hydroxyl groups excluding tert-OH is 1. The van der Waals surface area contributed by atoms with Crippen molar-refractivity contribution < 1.29 is 80.2 Å². The highest BCUT2D eigenvalue weighted by Gasteiger charge is 2.30. The number of esters is 4. The minimum atomic E-state index is -4.97. The van der Waals surface area contributed by atoms with Gasteiger partial charge in [0, 0.05) is 25.7 Å². The van der Waals surface area contributed by atoms with Gasteiger partial charge in [0.05, 0.1) is 26.4 Å². The highest BCUT2D eigenvalue weighted by Crippen LogP contribution is 2.45. The number of phosphoric acid groups is 2. The van der Waals surface area contributed by atoms with Crippen LogP contribution in [0.25, 0.3) is 0 Å². The molecule has 0 aliphatic rings. The van der Waals surface area contributed by atoms with Crippen LogP contribution in [0.1, 0.15) is 421 Å². The van der Waals surface area contributed by atoms with Gasteiger partial charge in [-0.15, -0.1) is 0 Å². The first-order chi connectivity index (χ1) is 50.3. The minimum Gasteiger partial charge on any atom is -0.462 e. The van der Waals surface area contributed by atoms with Crippen LogP contribution in [-0.2, 0) is 65.4 Å². The standard InChI is InChI=1S/C85H162O17P2/c1-8-10-11-12-13-14-15-16-22-30-35-40-45-54-61-69-85(90)102-81(73-96-83(88)67-60-53-48-47-50-57-64-77(5)6)75-100-104(93,94)98-71-79(86)70-97-103(91,92)99-74-80(72-95-82(87)66-59-52-44-39-34-29-26-21-23-27-32-37-42-49-56-63-76(3)4)101-84(89)68-62-55-46-41-36-31-25-20-18-17-19-24-28-33-38-43-51-58-65-78(7)9-2/h14-16,22,76-81,86H,8-13,17-21,23-75H2,1-7H3,(H,91,92)(H,93,94)/b15-14-,22-16-/t78?,79-,80-,81-/m1/s1. The van der Waals surface area contributed by atoms with Gasteiger partial charge in [-0.25, -0.2) is 9.13 Å². The first kappa shape index (κ1) is 102. The number of rotatable bonds is 81. The Bertz CT molecular complexity index is 2110. The van der Waals surface area contributed by atoms with Crippen molar-refractivity contribution in [3.05, 3.63) is 24.3 Å². The number of hydrogen-bond donors (Lipinski definition) is 3. The Morgan fingerprint density at radius 3 is 0.856 bits per heavy atom. The van der Waals surface area contributed by atoms with E-state index in [9.17, 15) is 43.2 Å². The Kier molecular flexibility index (Phi) is 72.9. The van der Waals surface area contributed by atoms with Crippen LogP contribution in [0.2, 0.25) is 0 Å². The van der Waals surface area contributed by atoms with Crippen LogP contribution in [0.5, 0.6) is 0 Å². The van der Waals surface area contributed by atoms with Crippen molar-refractivity contribution in [2.24, 2.45) is 17.8 Å². The number of carbonyl (C=O) groups is 4. The maximum Gasteiger partial charge on any atom is 0.472 e. The van der Waals surface area contributed by atoms with E-state index >= 15 is 0 Å². The quantitative estimate of drug-likeness (QED) is 0.0169. The van der Waals surface area contributed by atoms with Crippen molar-refractivity contribution in [2.75, 3.05) is 39.6 Å². The fourth-order valence-electron chi connectivity index (χ4n) is 12.6. The second kappa shape index (κ2) is 74.6. The number of carbonyl (C=O) groups excluding carboxylic acids is 4. The molecule has 0 saturated heterocycles. The van der Waals surface area contributed by atoms with Gasteiger partial charge in [-0.1, -0.05) is 368 Å². The van der Waals surface area contributed by atoms with E-state index in [1.165, 1.54) is 212 Å². The second-order valence-electron chi connectivity index (χ2n) is 31.1. The molecule has 0 spiro atoms. The van der Waals surface area contributed by atoms with Crippen molar-refractivity contribution in [1.82, 2.24) is 0 Å². The third-order valence-corrected chi connectivity index (χ3v) is 21.5. The summed E-state index contributed by atoms with van der Waals surface area (Å²) in [5.41, 5.74) is 0. The highest BCUT2D eigenvalue weighted by molar-refractivity contribution is 7.47. The van der Waals surface area contributed by atoms with Crippen LogP contribution >= 0.6 is 15.6 Å². The first-order valence-electron chi connectivity index (χ1n) is 43.2. The average Bonchev–Trinajstić information content (AvgIpc) is 0.903. The Balaban J connectivity index is 5.24. The summed E-state index contributed by atoms with van der Waals surface area (Å²) in [7, 11) is -9.94. The molecule has 3 N–H and O–H groups in total. The molecule has 614 valence electrons. The van der Waals surface area contributed by atoms with Crippen LogP contribution in [-0.4, -0.2) is 96.7 Å². The third-order valence-electron chi connectivity index (χ3n) is 19.6. The lowest BCUT2D eigenvalue weighted by Crippen LogP contribution is -2.30. The van der Waals surface area contributed by atoms with Crippen LogP contribution in [0.15, 0.2) is 24.3 Å². The van der Waals surface area contributed by atoms with Gasteiger partial charge >= 0.3 is 39.5 Å². The number of aliphatic hydroxyl groups is 1. The van der Waals surface area contributed by atoms with Crippen molar-refractivity contribution in [1.29, 1.82) is 0 Å². The van der Waals surface area contributed by atoms with Gasteiger partial charge in [-0.2, -0.15) is 0 Å². The molecule has 17 nitrogen and oxygen atoms in total. The topological polar surface area (TPSA) is 237 Å². The molecule has 0 saturated carbocycles. The van der Waals surface area contributed by atoms with Crippen LogP contribution in [0.4, 0.5) is 0 Å².